The number of hydrogen-bond acceptors (Lipinski definition) is 5. The highest BCUT2D eigenvalue weighted by atomic mass is 19.4. The van der Waals surface area contributed by atoms with Crippen molar-refractivity contribution in [2.75, 3.05) is 11.4 Å². The van der Waals surface area contributed by atoms with E-state index in [1.165, 1.54) is 19.1 Å². The van der Waals surface area contributed by atoms with Crippen LogP contribution in [0.1, 0.15) is 45.8 Å². The number of nitrogens with one attached hydrogen (secondary N) is 1. The van der Waals surface area contributed by atoms with Crippen LogP contribution in [0.4, 0.5) is 41.1 Å². The van der Waals surface area contributed by atoms with E-state index in [4.69, 9.17) is 0 Å². The van der Waals surface area contributed by atoms with Crippen LogP contribution in [0.15, 0.2) is 42.6 Å². The fourth-order valence-corrected chi connectivity index (χ4v) is 5.14. The van der Waals surface area contributed by atoms with Crippen LogP contribution in [0.25, 0.3) is 16.6 Å². The number of rotatable bonds is 3. The third-order valence-corrected chi connectivity index (χ3v) is 7.08. The third-order valence-electron chi connectivity index (χ3n) is 7.08. The first kappa shape index (κ1) is 27.6. The lowest BCUT2D eigenvalue weighted by molar-refractivity contribution is -0.155. The number of aromatic amines is 1. The van der Waals surface area contributed by atoms with Crippen molar-refractivity contribution in [3.05, 3.63) is 94.0 Å². The average molecular weight is 593 g/mol. The second-order valence-corrected chi connectivity index (χ2v) is 9.87. The van der Waals surface area contributed by atoms with Crippen molar-refractivity contribution in [3.63, 3.8) is 0 Å². The molecule has 2 aromatic carbocycles. The van der Waals surface area contributed by atoms with Gasteiger partial charge in [-0.3, -0.25) is 0 Å². The van der Waals surface area contributed by atoms with E-state index in [-0.39, 0.29) is 29.8 Å². The summed E-state index contributed by atoms with van der Waals surface area (Å²) in [7, 11) is 0. The van der Waals surface area contributed by atoms with Crippen LogP contribution >= 0.6 is 0 Å². The predicted molar refractivity (Wildman–Crippen MR) is 134 cm³/mol. The summed E-state index contributed by atoms with van der Waals surface area (Å²) in [6.45, 7) is 2.92. The zero-order valence-electron chi connectivity index (χ0n) is 21.7. The van der Waals surface area contributed by atoms with E-state index in [0.717, 1.165) is 10.6 Å². The van der Waals surface area contributed by atoms with E-state index in [2.05, 4.69) is 25.0 Å². The van der Waals surface area contributed by atoms with Gasteiger partial charge in [-0.15, -0.1) is 0 Å². The van der Waals surface area contributed by atoms with Gasteiger partial charge >= 0.3 is 12.4 Å². The Morgan fingerprint density at radius 2 is 1.55 bits per heavy atom. The monoisotopic (exact) mass is 593 g/mol. The van der Waals surface area contributed by atoms with Crippen LogP contribution in [0.3, 0.4) is 0 Å². The molecule has 1 N–H and O–H groups in total. The summed E-state index contributed by atoms with van der Waals surface area (Å²) >= 11 is 0. The molecule has 5 aromatic rings. The van der Waals surface area contributed by atoms with Gasteiger partial charge in [0.25, 0.3) is 0 Å². The highest BCUT2D eigenvalue weighted by molar-refractivity contribution is 5.87. The van der Waals surface area contributed by atoms with Gasteiger partial charge in [-0.1, -0.05) is 12.1 Å². The van der Waals surface area contributed by atoms with Gasteiger partial charge in [0.1, 0.15) is 6.04 Å². The van der Waals surface area contributed by atoms with E-state index in [9.17, 15) is 30.7 Å². The summed E-state index contributed by atoms with van der Waals surface area (Å²) in [4.78, 5) is 13.3. The number of hydrogen-bond donors (Lipinski definition) is 1. The molecule has 0 saturated heterocycles. The van der Waals surface area contributed by atoms with Gasteiger partial charge in [-0.2, -0.15) is 41.4 Å². The third kappa shape index (κ3) is 4.61. The largest absolute Gasteiger partial charge is 0.451 e. The maximum absolute atomic E-state index is 15.5. The minimum Gasteiger partial charge on any atom is -0.356 e. The van der Waals surface area contributed by atoms with Gasteiger partial charge in [0.15, 0.2) is 11.6 Å². The maximum Gasteiger partial charge on any atom is 0.451 e. The number of aromatic nitrogens is 6. The summed E-state index contributed by atoms with van der Waals surface area (Å²) in [6.07, 6.45) is -8.81. The van der Waals surface area contributed by atoms with Gasteiger partial charge in [0.2, 0.25) is 17.6 Å². The number of alkyl halides is 6. The molecule has 0 spiro atoms. The number of aryl methyl sites for hydroxylation is 2. The summed E-state index contributed by atoms with van der Waals surface area (Å²) in [5.74, 6) is -7.60. The Bertz CT molecular complexity index is 1800. The fraction of sp³-hybridized carbons (Fsp3) is 0.259. The normalized spacial score (nSPS) is 15.9. The lowest BCUT2D eigenvalue weighted by atomic mass is 9.91. The Morgan fingerprint density at radius 3 is 2.17 bits per heavy atom. The Morgan fingerprint density at radius 1 is 0.857 bits per heavy atom. The molecule has 0 saturated carbocycles. The Kier molecular flexibility index (Phi) is 6.24. The molecule has 6 rings (SSSR count). The van der Waals surface area contributed by atoms with Crippen molar-refractivity contribution < 1.29 is 35.1 Å². The summed E-state index contributed by atoms with van der Waals surface area (Å²) in [5, 5.41) is 5.06. The zero-order chi connectivity index (χ0) is 30.1. The lowest BCUT2D eigenvalue weighted by Gasteiger charge is -2.36. The predicted octanol–water partition coefficient (Wildman–Crippen LogP) is 6.62. The molecular formula is C27H19F8N7. The van der Waals surface area contributed by atoms with E-state index < -0.39 is 47.6 Å². The smallest absolute Gasteiger partial charge is 0.356 e. The molecule has 4 heterocycles. The topological polar surface area (TPSA) is 75.5 Å². The zero-order valence-corrected chi connectivity index (χ0v) is 21.7. The summed E-state index contributed by atoms with van der Waals surface area (Å²) in [5.41, 5.74) is 2.53. The Labute approximate surface area is 231 Å². The SMILES string of the molecule is Cc1ccn(-c2ccc3[nH]c4c(c3c2)CCN(c2nc(C(F)(F)F)nc(C(F)(F)F)n2)[C@H]4c2ccc(C)c(F)c2F)n1. The second-order valence-electron chi connectivity index (χ2n) is 9.87. The first-order valence-corrected chi connectivity index (χ1v) is 12.5. The van der Waals surface area contributed by atoms with Crippen LogP contribution < -0.4 is 4.90 Å². The molecule has 1 aliphatic heterocycles. The summed E-state index contributed by atoms with van der Waals surface area (Å²) in [6, 6.07) is 8.20. The minimum absolute atomic E-state index is 0.0338. The van der Waals surface area contributed by atoms with Gasteiger partial charge in [-0.25, -0.2) is 18.4 Å². The molecule has 218 valence electrons. The van der Waals surface area contributed by atoms with E-state index in [0.29, 0.717) is 22.2 Å². The van der Waals surface area contributed by atoms with Crippen molar-refractivity contribution in [2.24, 2.45) is 0 Å². The Hall–Kier alpha value is -4.56. The van der Waals surface area contributed by atoms with Crippen LogP contribution in [-0.4, -0.2) is 36.3 Å². The number of H-pyrrole nitrogens is 1. The minimum atomic E-state index is -5.34. The highest BCUT2D eigenvalue weighted by Crippen LogP contribution is 2.43. The van der Waals surface area contributed by atoms with Gasteiger partial charge in [0, 0.05) is 34.9 Å². The fourth-order valence-electron chi connectivity index (χ4n) is 5.14. The van der Waals surface area contributed by atoms with Crippen molar-refractivity contribution in [2.45, 2.75) is 38.7 Å². The average Bonchev–Trinajstić information content (AvgIpc) is 3.53. The van der Waals surface area contributed by atoms with E-state index in [1.54, 1.807) is 29.1 Å². The van der Waals surface area contributed by atoms with Crippen LogP contribution in [0.5, 0.6) is 0 Å². The molecule has 7 nitrogen and oxygen atoms in total. The van der Waals surface area contributed by atoms with Crippen molar-refractivity contribution >= 4 is 16.9 Å². The molecule has 1 atom stereocenters. The first-order valence-electron chi connectivity index (χ1n) is 12.5. The number of nitrogens with zero attached hydrogens (tertiary/aromatic N) is 6. The van der Waals surface area contributed by atoms with Gasteiger partial charge < -0.3 is 9.88 Å². The highest BCUT2D eigenvalue weighted by Gasteiger charge is 2.44. The first-order chi connectivity index (χ1) is 19.7. The van der Waals surface area contributed by atoms with Crippen molar-refractivity contribution in [1.29, 1.82) is 0 Å². The van der Waals surface area contributed by atoms with Crippen LogP contribution in [-0.2, 0) is 18.8 Å². The molecule has 1 aliphatic rings. The number of halogens is 8. The van der Waals surface area contributed by atoms with Crippen LogP contribution in [0.2, 0.25) is 0 Å². The summed E-state index contributed by atoms with van der Waals surface area (Å²) < 4.78 is 113. The quantitative estimate of drug-likeness (QED) is 0.238. The molecule has 3 aromatic heterocycles. The maximum atomic E-state index is 15.5. The van der Waals surface area contributed by atoms with E-state index >= 15 is 4.39 Å². The number of anilines is 1. The Balaban J connectivity index is 1.58. The van der Waals surface area contributed by atoms with Gasteiger partial charge in [-0.05, 0) is 55.7 Å². The lowest BCUT2D eigenvalue weighted by Crippen LogP contribution is -2.39. The number of benzene rings is 2. The standard InChI is InChI=1S/C27H19F8N7/c1-12-3-5-16(20(29)19(12)28)22-21-15(17-11-14(4-6-18(17)36-21)42-10-7-13(2)40-42)8-9-41(22)25-38-23(26(30,31)32)37-24(39-25)27(33,34)35/h3-7,10-11,22,36H,8-9H2,1-2H3/t22-/m0/s1. The molecule has 15 heteroatoms. The van der Waals surface area contributed by atoms with E-state index in [1.807, 2.05) is 13.0 Å². The molecule has 0 amide bonds. The molecule has 42 heavy (non-hydrogen) atoms. The molecule has 0 unspecified atom stereocenters. The number of fused-ring (bicyclic) bond motifs is 3. The van der Waals surface area contributed by atoms with Crippen LogP contribution in [0, 0.1) is 25.5 Å². The molecule has 0 bridgehead atoms. The van der Waals surface area contributed by atoms with Crippen molar-refractivity contribution in [1.82, 2.24) is 29.7 Å². The molecule has 0 radical (unpaired) electrons. The van der Waals surface area contributed by atoms with Crippen molar-refractivity contribution in [3.8, 4) is 5.69 Å². The van der Waals surface area contributed by atoms with Gasteiger partial charge in [0.05, 0.1) is 11.4 Å². The second kappa shape index (κ2) is 9.49. The molecular weight excluding hydrogens is 574 g/mol. The molecule has 0 fully saturated rings. The molecule has 0 aliphatic carbocycles.